The Morgan fingerprint density at radius 1 is 1.02 bits per heavy atom. The van der Waals surface area contributed by atoms with Crippen molar-refractivity contribution in [2.24, 2.45) is 4.99 Å². The molecular weight excluding hydrogens is 530 g/mol. The fraction of sp³-hybridized carbons (Fsp3) is 0.233. The summed E-state index contributed by atoms with van der Waals surface area (Å²) in [7, 11) is 0. The van der Waals surface area contributed by atoms with Crippen molar-refractivity contribution in [3.8, 4) is 0 Å². The third-order valence-corrected chi connectivity index (χ3v) is 7.29. The monoisotopic (exact) mass is 559 g/mol. The molecule has 2 amide bonds. The lowest BCUT2D eigenvalue weighted by Crippen LogP contribution is -2.45. The van der Waals surface area contributed by atoms with Crippen molar-refractivity contribution in [1.29, 1.82) is 0 Å². The number of esters is 1. The molecule has 40 heavy (non-hydrogen) atoms. The smallest absolute Gasteiger partial charge is 0.338 e. The lowest BCUT2D eigenvalue weighted by atomic mass is 10.1. The molecule has 3 aromatic carbocycles. The van der Waals surface area contributed by atoms with Crippen LogP contribution in [-0.4, -0.2) is 57.3 Å². The van der Waals surface area contributed by atoms with Crippen molar-refractivity contribution in [3.63, 3.8) is 0 Å². The summed E-state index contributed by atoms with van der Waals surface area (Å²) in [6.07, 6.45) is 1.46. The minimum absolute atomic E-state index is 0.0265. The van der Waals surface area contributed by atoms with Gasteiger partial charge in [-0.25, -0.2) is 14.6 Å². The van der Waals surface area contributed by atoms with Crippen LogP contribution in [0.2, 0.25) is 0 Å². The van der Waals surface area contributed by atoms with E-state index in [1.807, 2.05) is 30.3 Å². The molecule has 3 aromatic rings. The van der Waals surface area contributed by atoms with Crippen LogP contribution in [0.3, 0.4) is 0 Å². The average Bonchev–Trinajstić information content (AvgIpc) is 2.95. The number of aliphatic imine (C=N–C) groups is 1. The van der Waals surface area contributed by atoms with Crippen LogP contribution in [0.25, 0.3) is 0 Å². The van der Waals surface area contributed by atoms with E-state index in [0.29, 0.717) is 35.1 Å². The molecule has 0 spiro atoms. The van der Waals surface area contributed by atoms with E-state index in [4.69, 9.17) is 4.74 Å². The van der Waals surface area contributed by atoms with E-state index in [9.17, 15) is 24.3 Å². The Bertz CT molecular complexity index is 1410. The van der Waals surface area contributed by atoms with Gasteiger partial charge in [0.2, 0.25) is 11.8 Å². The Morgan fingerprint density at radius 3 is 2.48 bits per heavy atom. The number of nitrogens with one attached hydrogen (secondary N) is 1. The molecule has 1 atom stereocenters. The van der Waals surface area contributed by atoms with Crippen molar-refractivity contribution in [3.05, 3.63) is 95.6 Å². The zero-order chi connectivity index (χ0) is 28.5. The second-order valence-electron chi connectivity index (χ2n) is 8.98. The first kappa shape index (κ1) is 28.6. The number of amidine groups is 1. The Kier molecular flexibility index (Phi) is 9.69. The highest BCUT2D eigenvalue weighted by Crippen LogP contribution is 2.30. The van der Waals surface area contributed by atoms with Gasteiger partial charge in [-0.3, -0.25) is 14.5 Å². The minimum atomic E-state index is -1.10. The molecule has 1 aliphatic heterocycles. The van der Waals surface area contributed by atoms with Crippen LogP contribution < -0.4 is 5.32 Å². The number of carboxylic acid groups (broad SMARTS) is 1. The van der Waals surface area contributed by atoms with Crippen LogP contribution in [0.4, 0.5) is 11.4 Å². The first-order valence-electron chi connectivity index (χ1n) is 12.8. The summed E-state index contributed by atoms with van der Waals surface area (Å²) in [5.41, 5.74) is 2.44. The van der Waals surface area contributed by atoms with E-state index in [1.54, 1.807) is 48.2 Å². The SMILES string of the molecule is CCOC(=O)c1ccc(N=C2SC(C(=O)Nc3cccc(C(=O)O)c3)CC(=O)N2CCCc2ccccc2)cc1. The molecule has 10 heteroatoms. The zero-order valence-corrected chi connectivity index (χ0v) is 22.7. The summed E-state index contributed by atoms with van der Waals surface area (Å²) in [6, 6.07) is 22.4. The van der Waals surface area contributed by atoms with Crippen LogP contribution in [0.1, 0.15) is 46.0 Å². The molecular formula is C30H29N3O6S. The Labute approximate surface area is 236 Å². The maximum absolute atomic E-state index is 13.3. The molecule has 1 heterocycles. The van der Waals surface area contributed by atoms with Crippen LogP contribution >= 0.6 is 11.8 Å². The molecule has 0 bridgehead atoms. The largest absolute Gasteiger partial charge is 0.478 e. The normalized spacial score (nSPS) is 16.0. The number of amides is 2. The van der Waals surface area contributed by atoms with E-state index in [0.717, 1.165) is 12.0 Å². The molecule has 0 aliphatic carbocycles. The second kappa shape index (κ2) is 13.6. The number of hydrogen-bond acceptors (Lipinski definition) is 7. The number of hydrogen-bond donors (Lipinski definition) is 2. The van der Waals surface area contributed by atoms with Gasteiger partial charge in [0.25, 0.3) is 0 Å². The van der Waals surface area contributed by atoms with Crippen molar-refractivity contribution >= 4 is 52.1 Å². The van der Waals surface area contributed by atoms with Crippen molar-refractivity contribution < 1.29 is 29.0 Å². The molecule has 1 saturated heterocycles. The van der Waals surface area contributed by atoms with E-state index in [1.165, 1.54) is 23.9 Å². The van der Waals surface area contributed by atoms with Gasteiger partial charge in [0, 0.05) is 18.7 Å². The fourth-order valence-corrected chi connectivity index (χ4v) is 5.22. The average molecular weight is 560 g/mol. The Hall–Kier alpha value is -4.44. The molecule has 1 fully saturated rings. The summed E-state index contributed by atoms with van der Waals surface area (Å²) in [5, 5.41) is 11.6. The topological polar surface area (TPSA) is 125 Å². The van der Waals surface area contributed by atoms with Crippen LogP contribution in [-0.2, 0) is 20.7 Å². The molecule has 1 aliphatic rings. The number of nitrogens with zero attached hydrogens (tertiary/aromatic N) is 2. The molecule has 9 nitrogen and oxygen atoms in total. The summed E-state index contributed by atoms with van der Waals surface area (Å²) < 4.78 is 5.03. The summed E-state index contributed by atoms with van der Waals surface area (Å²) in [6.45, 7) is 2.43. The Morgan fingerprint density at radius 2 is 1.77 bits per heavy atom. The highest BCUT2D eigenvalue weighted by Gasteiger charge is 2.35. The van der Waals surface area contributed by atoms with Gasteiger partial charge in [-0.05, 0) is 67.8 Å². The third kappa shape index (κ3) is 7.57. The highest BCUT2D eigenvalue weighted by molar-refractivity contribution is 8.15. The third-order valence-electron chi connectivity index (χ3n) is 6.10. The number of carbonyl (C=O) groups is 4. The summed E-state index contributed by atoms with van der Waals surface area (Å²) in [4.78, 5) is 56.0. The second-order valence-corrected chi connectivity index (χ2v) is 10.2. The lowest BCUT2D eigenvalue weighted by Gasteiger charge is -2.32. The molecule has 206 valence electrons. The lowest BCUT2D eigenvalue weighted by molar-refractivity contribution is -0.129. The minimum Gasteiger partial charge on any atom is -0.478 e. The molecule has 0 radical (unpaired) electrons. The van der Waals surface area contributed by atoms with Crippen molar-refractivity contribution in [2.75, 3.05) is 18.5 Å². The van der Waals surface area contributed by atoms with Crippen molar-refractivity contribution in [2.45, 2.75) is 31.4 Å². The van der Waals surface area contributed by atoms with E-state index in [2.05, 4.69) is 10.3 Å². The maximum atomic E-state index is 13.3. The number of ether oxygens (including phenoxy) is 1. The Balaban J connectivity index is 1.53. The fourth-order valence-electron chi connectivity index (χ4n) is 4.10. The van der Waals surface area contributed by atoms with Gasteiger partial charge in [-0.15, -0.1) is 0 Å². The molecule has 2 N–H and O–H groups in total. The first-order chi connectivity index (χ1) is 19.3. The number of rotatable bonds is 10. The molecule has 4 rings (SSSR count). The number of aryl methyl sites for hydroxylation is 1. The summed E-state index contributed by atoms with van der Waals surface area (Å²) >= 11 is 1.18. The quantitative estimate of drug-likeness (QED) is 0.329. The van der Waals surface area contributed by atoms with Gasteiger partial charge >= 0.3 is 11.9 Å². The van der Waals surface area contributed by atoms with Crippen LogP contribution in [0, 0.1) is 0 Å². The number of carbonyl (C=O) groups excluding carboxylic acids is 3. The predicted molar refractivity (Wildman–Crippen MR) is 154 cm³/mol. The maximum Gasteiger partial charge on any atom is 0.338 e. The van der Waals surface area contributed by atoms with Gasteiger partial charge in [-0.1, -0.05) is 48.2 Å². The van der Waals surface area contributed by atoms with Gasteiger partial charge in [0.05, 0.1) is 23.4 Å². The van der Waals surface area contributed by atoms with E-state index in [-0.39, 0.29) is 24.5 Å². The standard InChI is InChI=1S/C30H29N3O6S/c1-2-39-29(38)21-13-15-23(16-14-21)32-30-33(17-7-10-20-8-4-3-5-9-20)26(34)19-25(40-30)27(35)31-24-12-6-11-22(18-24)28(36)37/h3-6,8-9,11-16,18,25H,2,7,10,17,19H2,1H3,(H,31,35)(H,36,37). The number of thioether (sulfide) groups is 1. The van der Waals surface area contributed by atoms with Gasteiger partial charge < -0.3 is 15.2 Å². The van der Waals surface area contributed by atoms with Crippen LogP contribution in [0.5, 0.6) is 0 Å². The van der Waals surface area contributed by atoms with Gasteiger partial charge in [0.1, 0.15) is 5.25 Å². The summed E-state index contributed by atoms with van der Waals surface area (Å²) in [5.74, 6) is -2.19. The van der Waals surface area contributed by atoms with Gasteiger partial charge in [-0.2, -0.15) is 0 Å². The van der Waals surface area contributed by atoms with Crippen LogP contribution in [0.15, 0.2) is 83.9 Å². The number of carboxylic acids is 1. The number of benzene rings is 3. The predicted octanol–water partition coefficient (Wildman–Crippen LogP) is 5.15. The van der Waals surface area contributed by atoms with Crippen molar-refractivity contribution in [1.82, 2.24) is 4.90 Å². The molecule has 0 aromatic heterocycles. The van der Waals surface area contributed by atoms with E-state index >= 15 is 0 Å². The van der Waals surface area contributed by atoms with E-state index < -0.39 is 23.1 Å². The zero-order valence-electron chi connectivity index (χ0n) is 21.9. The van der Waals surface area contributed by atoms with Gasteiger partial charge in [0.15, 0.2) is 5.17 Å². The first-order valence-corrected chi connectivity index (χ1v) is 13.7. The number of aromatic carboxylic acids is 1. The highest BCUT2D eigenvalue weighted by atomic mass is 32.2. The number of anilines is 1. The molecule has 1 unspecified atom stereocenters. The molecule has 0 saturated carbocycles.